The molecule has 0 bridgehead atoms. The van der Waals surface area contributed by atoms with E-state index in [9.17, 15) is 4.79 Å². The molecule has 0 spiro atoms. The average Bonchev–Trinajstić information content (AvgIpc) is 2.64. The molecule has 0 saturated carbocycles. The number of nitrogens with zero attached hydrogens (tertiary/aromatic N) is 2. The number of benzene rings is 2. The summed E-state index contributed by atoms with van der Waals surface area (Å²) in [7, 11) is 0. The van der Waals surface area contributed by atoms with E-state index in [0.717, 1.165) is 11.3 Å². The van der Waals surface area contributed by atoms with E-state index in [2.05, 4.69) is 9.98 Å². The standard InChI is InChI=1S/C20H16N2O/c23-19(16-9-3-1-4-10-16)15-22-20(17-11-5-2-6-12-17)18-13-7-8-14-21-18/h1-15,20H/b22-15+. The molecule has 1 heterocycles. The predicted octanol–water partition coefficient (Wildman–Crippen LogP) is 4.12. The van der Waals surface area contributed by atoms with Gasteiger partial charge < -0.3 is 0 Å². The van der Waals surface area contributed by atoms with Crippen molar-refractivity contribution >= 4 is 12.0 Å². The number of hydrogen-bond donors (Lipinski definition) is 0. The maximum absolute atomic E-state index is 12.2. The van der Waals surface area contributed by atoms with E-state index in [1.807, 2.05) is 66.7 Å². The molecular formula is C20H16N2O. The van der Waals surface area contributed by atoms with E-state index in [1.165, 1.54) is 6.21 Å². The molecule has 1 unspecified atom stereocenters. The van der Waals surface area contributed by atoms with Gasteiger partial charge in [0.25, 0.3) is 0 Å². The predicted molar refractivity (Wildman–Crippen MR) is 91.8 cm³/mol. The topological polar surface area (TPSA) is 42.3 Å². The van der Waals surface area contributed by atoms with Crippen LogP contribution in [-0.2, 0) is 0 Å². The first-order valence-corrected chi connectivity index (χ1v) is 7.43. The first-order chi connectivity index (χ1) is 11.3. The molecule has 0 saturated heterocycles. The number of aromatic nitrogens is 1. The van der Waals surface area contributed by atoms with Crippen LogP contribution >= 0.6 is 0 Å². The van der Waals surface area contributed by atoms with Gasteiger partial charge in [0.2, 0.25) is 5.78 Å². The highest BCUT2D eigenvalue weighted by atomic mass is 16.1. The summed E-state index contributed by atoms with van der Waals surface area (Å²) in [5.74, 6) is -0.109. The summed E-state index contributed by atoms with van der Waals surface area (Å²) >= 11 is 0. The molecule has 1 aromatic heterocycles. The van der Waals surface area contributed by atoms with Gasteiger partial charge in [-0.15, -0.1) is 0 Å². The Bertz CT molecular complexity index is 744. The number of ketones is 1. The second kappa shape index (κ2) is 7.27. The maximum Gasteiger partial charge on any atom is 0.203 e. The first kappa shape index (κ1) is 14.9. The fraction of sp³-hybridized carbons (Fsp3) is 0.0500. The van der Waals surface area contributed by atoms with Crippen molar-refractivity contribution < 1.29 is 4.79 Å². The number of pyridine rings is 1. The summed E-state index contributed by atoms with van der Waals surface area (Å²) in [6.45, 7) is 0. The molecule has 23 heavy (non-hydrogen) atoms. The summed E-state index contributed by atoms with van der Waals surface area (Å²) < 4.78 is 0. The van der Waals surface area contributed by atoms with Gasteiger partial charge in [-0.05, 0) is 17.7 Å². The molecule has 0 N–H and O–H groups in total. The van der Waals surface area contributed by atoms with E-state index in [-0.39, 0.29) is 11.8 Å². The Morgan fingerprint density at radius 3 is 2.17 bits per heavy atom. The second-order valence-electron chi connectivity index (χ2n) is 5.08. The molecule has 0 amide bonds. The van der Waals surface area contributed by atoms with Crippen LogP contribution in [0.25, 0.3) is 0 Å². The third kappa shape index (κ3) is 3.77. The number of hydrogen-bond acceptors (Lipinski definition) is 3. The lowest BCUT2D eigenvalue weighted by Crippen LogP contribution is -2.05. The van der Waals surface area contributed by atoms with Gasteiger partial charge in [0.05, 0.1) is 11.9 Å². The van der Waals surface area contributed by atoms with Crippen molar-refractivity contribution in [3.05, 3.63) is 102 Å². The third-order valence-electron chi connectivity index (χ3n) is 3.48. The van der Waals surface area contributed by atoms with Crippen molar-refractivity contribution in [3.8, 4) is 0 Å². The van der Waals surface area contributed by atoms with Crippen LogP contribution in [-0.4, -0.2) is 17.0 Å². The Balaban J connectivity index is 1.91. The van der Waals surface area contributed by atoms with Crippen LogP contribution in [0.4, 0.5) is 0 Å². The number of carbonyl (C=O) groups is 1. The van der Waals surface area contributed by atoms with Gasteiger partial charge in [-0.3, -0.25) is 14.8 Å². The zero-order chi connectivity index (χ0) is 15.9. The quantitative estimate of drug-likeness (QED) is 0.525. The monoisotopic (exact) mass is 300 g/mol. The molecule has 0 radical (unpaired) electrons. The lowest BCUT2D eigenvalue weighted by Gasteiger charge is -2.12. The Labute approximate surface area is 135 Å². The van der Waals surface area contributed by atoms with Gasteiger partial charge in [-0.1, -0.05) is 66.7 Å². The van der Waals surface area contributed by atoms with E-state index < -0.39 is 0 Å². The van der Waals surface area contributed by atoms with Crippen LogP contribution in [0.3, 0.4) is 0 Å². The van der Waals surface area contributed by atoms with Gasteiger partial charge in [0.15, 0.2) is 0 Å². The van der Waals surface area contributed by atoms with Crippen LogP contribution in [0.15, 0.2) is 90.1 Å². The molecule has 0 aliphatic carbocycles. The molecule has 112 valence electrons. The largest absolute Gasteiger partial charge is 0.288 e. The van der Waals surface area contributed by atoms with Gasteiger partial charge >= 0.3 is 0 Å². The molecule has 0 aliphatic rings. The fourth-order valence-corrected chi connectivity index (χ4v) is 2.33. The van der Waals surface area contributed by atoms with E-state index >= 15 is 0 Å². The van der Waals surface area contributed by atoms with Crippen LogP contribution in [0.1, 0.15) is 27.7 Å². The summed E-state index contributed by atoms with van der Waals surface area (Å²) in [6.07, 6.45) is 3.13. The lowest BCUT2D eigenvalue weighted by atomic mass is 10.0. The summed E-state index contributed by atoms with van der Waals surface area (Å²) in [5.41, 5.74) is 2.45. The Morgan fingerprint density at radius 2 is 1.52 bits per heavy atom. The minimum Gasteiger partial charge on any atom is -0.288 e. The van der Waals surface area contributed by atoms with E-state index in [4.69, 9.17) is 0 Å². The number of aliphatic imine (C=N–C) groups is 1. The molecule has 2 aromatic carbocycles. The molecule has 1 atom stereocenters. The van der Waals surface area contributed by atoms with Crippen molar-refractivity contribution in [2.45, 2.75) is 6.04 Å². The van der Waals surface area contributed by atoms with Crippen LogP contribution in [0.5, 0.6) is 0 Å². The minimum atomic E-state index is -0.287. The zero-order valence-electron chi connectivity index (χ0n) is 12.5. The van der Waals surface area contributed by atoms with Crippen molar-refractivity contribution in [2.75, 3.05) is 0 Å². The fourth-order valence-electron chi connectivity index (χ4n) is 2.33. The Morgan fingerprint density at radius 1 is 0.870 bits per heavy atom. The van der Waals surface area contributed by atoms with Gasteiger partial charge in [-0.2, -0.15) is 0 Å². The molecule has 0 fully saturated rings. The average molecular weight is 300 g/mol. The lowest BCUT2D eigenvalue weighted by molar-refractivity contribution is 0.107. The van der Waals surface area contributed by atoms with Crippen LogP contribution in [0, 0.1) is 0 Å². The summed E-state index contributed by atoms with van der Waals surface area (Å²) in [4.78, 5) is 21.1. The number of Topliss-reactive ketones (excluding diaryl/α,β-unsaturated/α-hetero) is 1. The maximum atomic E-state index is 12.2. The second-order valence-corrected chi connectivity index (χ2v) is 5.08. The van der Waals surface area contributed by atoms with Crippen molar-refractivity contribution in [2.24, 2.45) is 4.99 Å². The highest BCUT2D eigenvalue weighted by Gasteiger charge is 2.13. The third-order valence-corrected chi connectivity index (χ3v) is 3.48. The summed E-state index contributed by atoms with van der Waals surface area (Å²) in [6, 6.07) is 24.4. The van der Waals surface area contributed by atoms with Crippen molar-refractivity contribution in [1.82, 2.24) is 4.98 Å². The molecular weight excluding hydrogens is 284 g/mol. The number of carbonyl (C=O) groups excluding carboxylic acids is 1. The van der Waals surface area contributed by atoms with Crippen LogP contribution < -0.4 is 0 Å². The van der Waals surface area contributed by atoms with Crippen molar-refractivity contribution in [1.29, 1.82) is 0 Å². The van der Waals surface area contributed by atoms with Crippen molar-refractivity contribution in [3.63, 3.8) is 0 Å². The highest BCUT2D eigenvalue weighted by molar-refractivity contribution is 6.35. The SMILES string of the molecule is O=C(/C=N/C(c1ccccc1)c1ccccn1)c1ccccc1. The van der Waals surface area contributed by atoms with Gasteiger partial charge in [0, 0.05) is 11.8 Å². The Kier molecular flexibility index (Phi) is 4.69. The number of rotatable bonds is 5. The minimum absolute atomic E-state index is 0.109. The Hall–Kier alpha value is -3.07. The van der Waals surface area contributed by atoms with Gasteiger partial charge in [0.1, 0.15) is 6.04 Å². The highest BCUT2D eigenvalue weighted by Crippen LogP contribution is 2.23. The zero-order valence-corrected chi connectivity index (χ0v) is 12.5. The molecule has 3 nitrogen and oxygen atoms in total. The van der Waals surface area contributed by atoms with Gasteiger partial charge in [-0.25, -0.2) is 0 Å². The molecule has 3 aromatic rings. The molecule has 3 rings (SSSR count). The normalized spacial score (nSPS) is 12.2. The van der Waals surface area contributed by atoms with E-state index in [0.29, 0.717) is 5.56 Å². The molecule has 0 aliphatic heterocycles. The summed E-state index contributed by atoms with van der Waals surface area (Å²) in [5, 5.41) is 0. The first-order valence-electron chi connectivity index (χ1n) is 7.43. The van der Waals surface area contributed by atoms with E-state index in [1.54, 1.807) is 18.3 Å². The van der Waals surface area contributed by atoms with Crippen LogP contribution in [0.2, 0.25) is 0 Å². The molecule has 3 heteroatoms. The smallest absolute Gasteiger partial charge is 0.203 e.